The molecule has 2 fully saturated rings. The molecule has 0 radical (unpaired) electrons. The lowest BCUT2D eigenvalue weighted by atomic mass is 9.67. The molecule has 1 saturated carbocycles. The molecule has 1 heterocycles. The number of rotatable bonds is 3. The maximum atomic E-state index is 10.4. The summed E-state index contributed by atoms with van der Waals surface area (Å²) >= 11 is 0. The molecule has 3 nitrogen and oxygen atoms in total. The number of likely N-dealkylation sites (N-methyl/N-ethyl adjacent to an activating group) is 1. The summed E-state index contributed by atoms with van der Waals surface area (Å²) in [6.07, 6.45) is 4.51. The Kier molecular flexibility index (Phi) is 4.91. The average Bonchev–Trinajstić information content (AvgIpc) is 2.40. The van der Waals surface area contributed by atoms with Gasteiger partial charge < -0.3 is 10.0 Å². The third kappa shape index (κ3) is 3.50. The predicted molar refractivity (Wildman–Crippen MR) is 80.3 cm³/mol. The predicted octanol–water partition coefficient (Wildman–Crippen LogP) is 2.20. The molecule has 0 amide bonds. The van der Waals surface area contributed by atoms with E-state index in [4.69, 9.17) is 0 Å². The van der Waals surface area contributed by atoms with Gasteiger partial charge in [-0.05, 0) is 37.6 Å². The molecule has 112 valence electrons. The van der Waals surface area contributed by atoms with Crippen molar-refractivity contribution in [3.8, 4) is 0 Å². The van der Waals surface area contributed by atoms with E-state index in [2.05, 4.69) is 37.6 Å². The lowest BCUT2D eigenvalue weighted by Gasteiger charge is -2.47. The van der Waals surface area contributed by atoms with Crippen LogP contribution in [-0.2, 0) is 0 Å². The summed E-state index contributed by atoms with van der Waals surface area (Å²) in [7, 11) is 2.19. The largest absolute Gasteiger partial charge is 0.391 e. The highest BCUT2D eigenvalue weighted by molar-refractivity contribution is 4.92. The smallest absolute Gasteiger partial charge is 0.0695 e. The van der Waals surface area contributed by atoms with Crippen LogP contribution in [0.2, 0.25) is 0 Å². The fourth-order valence-electron chi connectivity index (χ4n) is 3.68. The Balaban J connectivity index is 1.98. The van der Waals surface area contributed by atoms with Crippen LogP contribution in [0.4, 0.5) is 0 Å². The number of aliphatic hydroxyl groups excluding tert-OH is 1. The van der Waals surface area contributed by atoms with Gasteiger partial charge in [-0.3, -0.25) is 4.90 Å². The third-order valence-corrected chi connectivity index (χ3v) is 5.80. The molecule has 3 atom stereocenters. The number of hydrogen-bond acceptors (Lipinski definition) is 3. The monoisotopic (exact) mass is 268 g/mol. The molecule has 0 aromatic rings. The van der Waals surface area contributed by atoms with E-state index in [0.717, 1.165) is 38.5 Å². The summed E-state index contributed by atoms with van der Waals surface area (Å²) in [5, 5.41) is 10.4. The van der Waals surface area contributed by atoms with E-state index in [1.165, 1.54) is 19.3 Å². The van der Waals surface area contributed by atoms with E-state index in [0.29, 0.717) is 11.5 Å². The van der Waals surface area contributed by atoms with Crippen LogP contribution in [0.25, 0.3) is 0 Å². The Labute approximate surface area is 119 Å². The van der Waals surface area contributed by atoms with Crippen molar-refractivity contribution in [1.82, 2.24) is 9.80 Å². The standard InChI is InChI=1S/C16H32N2O/c1-5-16(2,3)13-6-7-15(19)14(12-13)18-10-8-17(4)9-11-18/h13-15,19H,5-12H2,1-4H3. The first-order chi connectivity index (χ1) is 8.94. The van der Waals surface area contributed by atoms with Crippen LogP contribution in [0.5, 0.6) is 0 Å². The van der Waals surface area contributed by atoms with Crippen LogP contribution in [0.1, 0.15) is 46.5 Å². The van der Waals surface area contributed by atoms with Gasteiger partial charge in [0.05, 0.1) is 6.10 Å². The van der Waals surface area contributed by atoms with E-state index in [1.807, 2.05) is 0 Å². The first-order valence-electron chi connectivity index (χ1n) is 8.04. The molecule has 2 aliphatic rings. The van der Waals surface area contributed by atoms with E-state index >= 15 is 0 Å². The van der Waals surface area contributed by atoms with Gasteiger partial charge in [0.1, 0.15) is 0 Å². The van der Waals surface area contributed by atoms with E-state index in [9.17, 15) is 5.11 Å². The van der Waals surface area contributed by atoms with Crippen LogP contribution in [-0.4, -0.2) is 60.3 Å². The number of piperazine rings is 1. The summed E-state index contributed by atoms with van der Waals surface area (Å²) in [5.74, 6) is 0.769. The highest BCUT2D eigenvalue weighted by Gasteiger charge is 2.39. The summed E-state index contributed by atoms with van der Waals surface area (Å²) in [6, 6.07) is 0.401. The molecule has 0 aromatic heterocycles. The quantitative estimate of drug-likeness (QED) is 0.850. The Morgan fingerprint density at radius 2 is 1.74 bits per heavy atom. The van der Waals surface area contributed by atoms with E-state index in [-0.39, 0.29) is 6.10 Å². The van der Waals surface area contributed by atoms with Gasteiger partial charge >= 0.3 is 0 Å². The minimum absolute atomic E-state index is 0.104. The summed E-state index contributed by atoms with van der Waals surface area (Å²) < 4.78 is 0. The maximum absolute atomic E-state index is 10.4. The van der Waals surface area contributed by atoms with Gasteiger partial charge in [0.25, 0.3) is 0 Å². The van der Waals surface area contributed by atoms with Crippen LogP contribution < -0.4 is 0 Å². The summed E-state index contributed by atoms with van der Waals surface area (Å²) in [5.41, 5.74) is 0.422. The van der Waals surface area contributed by atoms with Crippen molar-refractivity contribution < 1.29 is 5.11 Å². The van der Waals surface area contributed by atoms with E-state index in [1.54, 1.807) is 0 Å². The molecule has 1 saturated heterocycles. The van der Waals surface area contributed by atoms with Gasteiger partial charge in [-0.2, -0.15) is 0 Å². The Hall–Kier alpha value is -0.120. The molecular formula is C16H32N2O. The molecule has 3 unspecified atom stereocenters. The van der Waals surface area contributed by atoms with Crippen LogP contribution in [0.3, 0.4) is 0 Å². The Bertz CT molecular complexity index is 284. The molecule has 2 rings (SSSR count). The van der Waals surface area contributed by atoms with Crippen molar-refractivity contribution in [3.05, 3.63) is 0 Å². The van der Waals surface area contributed by atoms with E-state index < -0.39 is 0 Å². The fraction of sp³-hybridized carbons (Fsp3) is 1.00. The molecule has 0 spiro atoms. The molecule has 3 heteroatoms. The lowest BCUT2D eigenvalue weighted by Crippen LogP contribution is -2.55. The first-order valence-corrected chi connectivity index (χ1v) is 8.04. The van der Waals surface area contributed by atoms with Crippen molar-refractivity contribution in [2.24, 2.45) is 11.3 Å². The number of hydrogen-bond donors (Lipinski definition) is 1. The molecule has 1 aliphatic carbocycles. The Morgan fingerprint density at radius 1 is 1.11 bits per heavy atom. The minimum Gasteiger partial charge on any atom is -0.391 e. The zero-order valence-electron chi connectivity index (χ0n) is 13.2. The number of nitrogens with zero attached hydrogens (tertiary/aromatic N) is 2. The lowest BCUT2D eigenvalue weighted by molar-refractivity contribution is -0.0337. The third-order valence-electron chi connectivity index (χ3n) is 5.80. The van der Waals surface area contributed by atoms with Crippen LogP contribution in [0, 0.1) is 11.3 Å². The van der Waals surface area contributed by atoms with Gasteiger partial charge in [0, 0.05) is 32.2 Å². The minimum atomic E-state index is -0.104. The molecule has 0 bridgehead atoms. The van der Waals surface area contributed by atoms with Crippen molar-refractivity contribution in [3.63, 3.8) is 0 Å². The molecular weight excluding hydrogens is 236 g/mol. The van der Waals surface area contributed by atoms with Crippen molar-refractivity contribution in [1.29, 1.82) is 0 Å². The second-order valence-electron chi connectivity index (χ2n) is 7.33. The zero-order valence-corrected chi connectivity index (χ0v) is 13.2. The van der Waals surface area contributed by atoms with Gasteiger partial charge in [0.15, 0.2) is 0 Å². The van der Waals surface area contributed by atoms with Crippen molar-refractivity contribution >= 4 is 0 Å². The van der Waals surface area contributed by atoms with Crippen LogP contribution in [0.15, 0.2) is 0 Å². The summed E-state index contributed by atoms with van der Waals surface area (Å²) in [4.78, 5) is 4.93. The number of aliphatic hydroxyl groups is 1. The molecule has 1 aliphatic heterocycles. The normalized spacial score (nSPS) is 35.5. The maximum Gasteiger partial charge on any atom is 0.0695 e. The van der Waals surface area contributed by atoms with Gasteiger partial charge in [0.2, 0.25) is 0 Å². The SMILES string of the molecule is CCC(C)(C)C1CCC(O)C(N2CCN(C)CC2)C1. The van der Waals surface area contributed by atoms with Gasteiger partial charge in [-0.25, -0.2) is 0 Å². The molecule has 19 heavy (non-hydrogen) atoms. The van der Waals surface area contributed by atoms with Gasteiger partial charge in [-0.15, -0.1) is 0 Å². The average molecular weight is 268 g/mol. The molecule has 0 aromatic carbocycles. The first kappa shape index (κ1) is 15.3. The van der Waals surface area contributed by atoms with Crippen LogP contribution >= 0.6 is 0 Å². The topological polar surface area (TPSA) is 26.7 Å². The second kappa shape index (κ2) is 6.11. The highest BCUT2D eigenvalue weighted by atomic mass is 16.3. The van der Waals surface area contributed by atoms with Crippen molar-refractivity contribution in [2.45, 2.75) is 58.6 Å². The highest BCUT2D eigenvalue weighted by Crippen LogP contribution is 2.41. The fourth-order valence-corrected chi connectivity index (χ4v) is 3.68. The summed E-state index contributed by atoms with van der Waals surface area (Å²) in [6.45, 7) is 11.6. The zero-order chi connectivity index (χ0) is 14.0. The van der Waals surface area contributed by atoms with Gasteiger partial charge in [-0.1, -0.05) is 27.2 Å². The molecule has 1 N–H and O–H groups in total. The Morgan fingerprint density at radius 3 is 2.32 bits per heavy atom. The second-order valence-corrected chi connectivity index (χ2v) is 7.33. The van der Waals surface area contributed by atoms with Crippen molar-refractivity contribution in [2.75, 3.05) is 33.2 Å².